The van der Waals surface area contributed by atoms with E-state index < -0.39 is 6.04 Å². The summed E-state index contributed by atoms with van der Waals surface area (Å²) >= 11 is 0. The third-order valence-corrected chi connectivity index (χ3v) is 7.23. The topological polar surface area (TPSA) is 136 Å². The van der Waals surface area contributed by atoms with Crippen LogP contribution < -0.4 is 16.4 Å². The standard InChI is InChI=1S/C29H31N9O2/c1-19-12-23(2-3-24(19)22-16-34-38(17-22)7-6-37-8-10-40-11-9-37)35-28-27-20(4-5-31-26(27)18-39)13-25(36-28)21-14-32-29(30)33-15-21/h2-5,12-18,26,31H,6-11H2,1H3,(H,35,36)(H2,30,32,33). The fourth-order valence-electron chi connectivity index (χ4n) is 5.08. The minimum Gasteiger partial charge on any atom is -0.379 e. The molecule has 4 N–H and O–H groups in total. The van der Waals surface area contributed by atoms with Crippen molar-refractivity contribution in [3.63, 3.8) is 0 Å². The number of morpholine rings is 1. The molecule has 0 aliphatic carbocycles. The molecule has 11 heteroatoms. The van der Waals surface area contributed by atoms with Gasteiger partial charge in [0.1, 0.15) is 18.1 Å². The molecule has 0 spiro atoms. The molecule has 2 aliphatic rings. The largest absolute Gasteiger partial charge is 0.379 e. The maximum absolute atomic E-state index is 11.9. The number of pyridine rings is 1. The van der Waals surface area contributed by atoms with Crippen LogP contribution in [0.5, 0.6) is 0 Å². The number of aromatic nitrogens is 5. The predicted molar refractivity (Wildman–Crippen MR) is 154 cm³/mol. The van der Waals surface area contributed by atoms with Crippen LogP contribution in [0.2, 0.25) is 0 Å². The zero-order chi connectivity index (χ0) is 27.5. The zero-order valence-corrected chi connectivity index (χ0v) is 22.2. The van der Waals surface area contributed by atoms with E-state index in [0.29, 0.717) is 11.5 Å². The van der Waals surface area contributed by atoms with E-state index in [9.17, 15) is 4.79 Å². The maximum Gasteiger partial charge on any atom is 0.219 e. The van der Waals surface area contributed by atoms with Crippen molar-refractivity contribution in [1.29, 1.82) is 0 Å². The van der Waals surface area contributed by atoms with Crippen molar-refractivity contribution >= 4 is 29.8 Å². The van der Waals surface area contributed by atoms with E-state index in [1.54, 1.807) is 18.6 Å². The van der Waals surface area contributed by atoms with Gasteiger partial charge >= 0.3 is 0 Å². The highest BCUT2D eigenvalue weighted by Gasteiger charge is 2.23. The molecule has 3 aromatic heterocycles. The molecular formula is C29H31N9O2. The molecule has 1 aromatic carbocycles. The molecule has 5 heterocycles. The number of carbonyl (C=O) groups excluding carboxylic acids is 1. The molecule has 1 unspecified atom stereocenters. The number of nitrogens with one attached hydrogen (secondary N) is 2. The van der Waals surface area contributed by atoms with Crippen molar-refractivity contribution < 1.29 is 9.53 Å². The molecule has 1 fully saturated rings. The summed E-state index contributed by atoms with van der Waals surface area (Å²) in [6, 6.07) is 7.59. The van der Waals surface area contributed by atoms with Crippen molar-refractivity contribution in [3.8, 4) is 22.4 Å². The van der Waals surface area contributed by atoms with Gasteiger partial charge in [0.2, 0.25) is 5.95 Å². The number of nitrogens with zero attached hydrogens (tertiary/aromatic N) is 6. The van der Waals surface area contributed by atoms with Crippen molar-refractivity contribution in [1.82, 2.24) is 34.9 Å². The highest BCUT2D eigenvalue weighted by Crippen LogP contribution is 2.35. The van der Waals surface area contributed by atoms with Crippen LogP contribution in [0.15, 0.2) is 55.3 Å². The first-order valence-electron chi connectivity index (χ1n) is 13.3. The van der Waals surface area contributed by atoms with Gasteiger partial charge in [0.15, 0.2) is 0 Å². The second-order valence-corrected chi connectivity index (χ2v) is 9.90. The number of benzene rings is 1. The molecule has 1 saturated heterocycles. The van der Waals surface area contributed by atoms with Crippen LogP contribution in [0.25, 0.3) is 28.5 Å². The van der Waals surface area contributed by atoms with Gasteiger partial charge in [0.25, 0.3) is 0 Å². The third kappa shape index (κ3) is 5.42. The number of aryl methyl sites for hydroxylation is 1. The number of hydrogen-bond donors (Lipinski definition) is 3. The van der Waals surface area contributed by atoms with Gasteiger partial charge in [-0.05, 0) is 54.1 Å². The average molecular weight is 538 g/mol. The summed E-state index contributed by atoms with van der Waals surface area (Å²) in [4.78, 5) is 27.4. The second-order valence-electron chi connectivity index (χ2n) is 9.90. The Kier molecular flexibility index (Phi) is 7.21. The Balaban J connectivity index is 1.25. The Morgan fingerprint density at radius 2 is 1.95 bits per heavy atom. The summed E-state index contributed by atoms with van der Waals surface area (Å²) in [5, 5.41) is 11.1. The summed E-state index contributed by atoms with van der Waals surface area (Å²) in [6.45, 7) is 7.40. The Morgan fingerprint density at radius 3 is 2.73 bits per heavy atom. The van der Waals surface area contributed by atoms with Crippen LogP contribution in [0, 0.1) is 6.92 Å². The van der Waals surface area contributed by atoms with Gasteiger partial charge in [-0.3, -0.25) is 9.58 Å². The molecule has 0 radical (unpaired) electrons. The number of rotatable bonds is 8. The Bertz CT molecular complexity index is 1540. The fourth-order valence-corrected chi connectivity index (χ4v) is 5.08. The number of carbonyl (C=O) groups is 1. The number of ether oxygens (including phenoxy) is 1. The van der Waals surface area contributed by atoms with E-state index in [0.717, 1.165) is 84.7 Å². The van der Waals surface area contributed by atoms with Crippen molar-refractivity contribution in [2.75, 3.05) is 43.9 Å². The van der Waals surface area contributed by atoms with E-state index in [2.05, 4.69) is 55.9 Å². The Labute approximate surface area is 232 Å². The first-order valence-corrected chi connectivity index (χ1v) is 13.3. The number of nitrogen functional groups attached to an aromatic ring is 1. The van der Waals surface area contributed by atoms with Crippen molar-refractivity contribution in [2.24, 2.45) is 0 Å². The number of hydrogen-bond acceptors (Lipinski definition) is 10. The molecule has 0 amide bonds. The van der Waals surface area contributed by atoms with Crippen LogP contribution >= 0.6 is 0 Å². The summed E-state index contributed by atoms with van der Waals surface area (Å²) in [5.74, 6) is 0.782. The molecule has 2 aliphatic heterocycles. The van der Waals surface area contributed by atoms with Crippen LogP contribution in [0.1, 0.15) is 22.7 Å². The summed E-state index contributed by atoms with van der Waals surface area (Å²) in [7, 11) is 0. The van der Waals surface area contributed by atoms with E-state index in [4.69, 9.17) is 15.5 Å². The van der Waals surface area contributed by atoms with Gasteiger partial charge in [0.05, 0.1) is 31.6 Å². The fraction of sp³-hybridized carbons (Fsp3) is 0.276. The van der Waals surface area contributed by atoms with Gasteiger partial charge in [-0.1, -0.05) is 6.07 Å². The van der Waals surface area contributed by atoms with Gasteiger partial charge in [0, 0.05) is 60.6 Å². The first-order chi connectivity index (χ1) is 19.6. The SMILES string of the molecule is Cc1cc(Nc2nc(-c3cnc(N)nc3)cc3c2C(C=O)NC=C3)ccc1-c1cnn(CCN2CCOCC2)c1. The number of anilines is 3. The maximum atomic E-state index is 11.9. The zero-order valence-electron chi connectivity index (χ0n) is 22.2. The lowest BCUT2D eigenvalue weighted by atomic mass is 9.97. The molecule has 4 aromatic rings. The lowest BCUT2D eigenvalue weighted by Crippen LogP contribution is -2.38. The predicted octanol–water partition coefficient (Wildman–Crippen LogP) is 3.18. The molecule has 0 saturated carbocycles. The molecule has 1 atom stereocenters. The van der Waals surface area contributed by atoms with Crippen molar-refractivity contribution in [3.05, 3.63) is 71.9 Å². The molecular weight excluding hydrogens is 506 g/mol. The number of nitrogens with two attached hydrogens (primary N) is 1. The Hall–Kier alpha value is -4.61. The van der Waals surface area contributed by atoms with Gasteiger partial charge < -0.3 is 25.9 Å². The van der Waals surface area contributed by atoms with Crippen LogP contribution in [0.3, 0.4) is 0 Å². The van der Waals surface area contributed by atoms with E-state index in [-0.39, 0.29) is 5.95 Å². The van der Waals surface area contributed by atoms with Crippen LogP contribution in [-0.4, -0.2) is 68.8 Å². The molecule has 40 heavy (non-hydrogen) atoms. The van der Waals surface area contributed by atoms with E-state index in [1.807, 2.05) is 29.1 Å². The third-order valence-electron chi connectivity index (χ3n) is 7.23. The van der Waals surface area contributed by atoms with E-state index >= 15 is 0 Å². The lowest BCUT2D eigenvalue weighted by Gasteiger charge is -2.26. The normalized spacial score (nSPS) is 16.8. The summed E-state index contributed by atoms with van der Waals surface area (Å²) in [6.07, 6.45) is 11.9. The van der Waals surface area contributed by atoms with Gasteiger partial charge in [-0.25, -0.2) is 15.0 Å². The monoisotopic (exact) mass is 537 g/mol. The average Bonchev–Trinajstić information content (AvgIpc) is 3.45. The second kappa shape index (κ2) is 11.2. The number of fused-ring (bicyclic) bond motifs is 1. The van der Waals surface area contributed by atoms with Gasteiger partial charge in [-0.15, -0.1) is 0 Å². The molecule has 0 bridgehead atoms. The summed E-state index contributed by atoms with van der Waals surface area (Å²) < 4.78 is 7.44. The lowest BCUT2D eigenvalue weighted by molar-refractivity contribution is -0.109. The minimum atomic E-state index is -0.518. The highest BCUT2D eigenvalue weighted by molar-refractivity contribution is 5.80. The molecule has 11 nitrogen and oxygen atoms in total. The quantitative estimate of drug-likeness (QED) is 0.288. The highest BCUT2D eigenvalue weighted by atomic mass is 16.5. The minimum absolute atomic E-state index is 0.198. The van der Waals surface area contributed by atoms with Crippen LogP contribution in [0.4, 0.5) is 17.5 Å². The van der Waals surface area contributed by atoms with Crippen molar-refractivity contribution in [2.45, 2.75) is 19.5 Å². The smallest absolute Gasteiger partial charge is 0.219 e. The van der Waals surface area contributed by atoms with E-state index in [1.165, 1.54) is 0 Å². The number of aldehydes is 1. The van der Waals surface area contributed by atoms with Crippen LogP contribution in [-0.2, 0) is 16.1 Å². The molecule has 6 rings (SSSR count). The summed E-state index contributed by atoms with van der Waals surface area (Å²) in [5.41, 5.74) is 12.9. The Morgan fingerprint density at radius 1 is 1.12 bits per heavy atom. The molecule has 204 valence electrons. The first kappa shape index (κ1) is 25.7. The van der Waals surface area contributed by atoms with Gasteiger partial charge in [-0.2, -0.15) is 5.10 Å².